The number of hydrogen-bond donors (Lipinski definition) is 0. The summed E-state index contributed by atoms with van der Waals surface area (Å²) < 4.78 is 10.9. The summed E-state index contributed by atoms with van der Waals surface area (Å²) in [5, 5.41) is 9.91. The molecular weight excluding hydrogens is 386 g/mol. The zero-order valence-electron chi connectivity index (χ0n) is 15.6. The normalized spacial score (nSPS) is 10.4. The predicted octanol–water partition coefficient (Wildman–Crippen LogP) is 4.28. The van der Waals surface area contributed by atoms with E-state index in [1.807, 2.05) is 26.2 Å². The molecule has 1 aromatic heterocycles. The summed E-state index contributed by atoms with van der Waals surface area (Å²) >= 11 is 7.64. The first-order chi connectivity index (χ1) is 12.9. The minimum absolute atomic E-state index is 0.130. The van der Waals surface area contributed by atoms with E-state index in [2.05, 4.69) is 9.97 Å². The number of halogens is 1. The number of thioether (sulfide) groups is 1. The SMILES string of the molecule is CCOc1cc(C#N)cc(Cl)c1OC(=O)CCc1c(C)nc(SC)nc1C. The third-order valence-corrected chi connectivity index (χ3v) is 4.64. The molecule has 0 aliphatic heterocycles. The van der Waals surface area contributed by atoms with Crippen molar-refractivity contribution in [3.05, 3.63) is 39.7 Å². The Kier molecular flexibility index (Phi) is 7.45. The Bertz CT molecular complexity index is 873. The van der Waals surface area contributed by atoms with Gasteiger partial charge < -0.3 is 9.47 Å². The number of nitrogens with zero attached hydrogens (tertiary/aromatic N) is 3. The number of rotatable bonds is 7. The number of aryl methyl sites for hydroxylation is 2. The molecule has 0 spiro atoms. The molecular formula is C19H20ClN3O3S. The second-order valence-corrected chi connectivity index (χ2v) is 6.84. The molecule has 0 saturated carbocycles. The van der Waals surface area contributed by atoms with Crippen molar-refractivity contribution < 1.29 is 14.3 Å². The summed E-state index contributed by atoms with van der Waals surface area (Å²) in [5.74, 6) is -0.0461. The monoisotopic (exact) mass is 405 g/mol. The molecule has 0 saturated heterocycles. The lowest BCUT2D eigenvalue weighted by molar-refractivity contribution is -0.134. The second-order valence-electron chi connectivity index (χ2n) is 5.66. The minimum atomic E-state index is -0.449. The zero-order chi connectivity index (χ0) is 20.0. The molecule has 0 unspecified atom stereocenters. The van der Waals surface area contributed by atoms with E-state index in [1.54, 1.807) is 6.92 Å². The molecule has 0 aliphatic rings. The summed E-state index contributed by atoms with van der Waals surface area (Å²) in [7, 11) is 0. The summed E-state index contributed by atoms with van der Waals surface area (Å²) in [6.45, 7) is 5.95. The van der Waals surface area contributed by atoms with Gasteiger partial charge in [-0.05, 0) is 45.1 Å². The molecule has 2 rings (SSSR count). The highest BCUT2D eigenvalue weighted by Gasteiger charge is 2.17. The number of ether oxygens (including phenoxy) is 2. The third kappa shape index (κ3) is 5.34. The molecule has 8 heteroatoms. The number of esters is 1. The number of hydrogen-bond acceptors (Lipinski definition) is 7. The van der Waals surface area contributed by atoms with Gasteiger partial charge in [-0.1, -0.05) is 23.4 Å². The first kappa shape index (κ1) is 21.0. The van der Waals surface area contributed by atoms with Gasteiger partial charge in [0, 0.05) is 17.5 Å². The predicted molar refractivity (Wildman–Crippen MR) is 105 cm³/mol. The van der Waals surface area contributed by atoms with E-state index in [0.717, 1.165) is 17.0 Å². The van der Waals surface area contributed by atoms with Crippen molar-refractivity contribution in [2.24, 2.45) is 0 Å². The highest BCUT2D eigenvalue weighted by atomic mass is 35.5. The summed E-state index contributed by atoms with van der Waals surface area (Å²) in [6.07, 6.45) is 2.52. The largest absolute Gasteiger partial charge is 0.490 e. The molecule has 6 nitrogen and oxygen atoms in total. The van der Waals surface area contributed by atoms with Crippen molar-refractivity contribution in [3.8, 4) is 17.6 Å². The fourth-order valence-corrected chi connectivity index (χ4v) is 3.25. The van der Waals surface area contributed by atoms with Gasteiger partial charge in [0.05, 0.1) is 29.7 Å². The number of benzene rings is 1. The topological polar surface area (TPSA) is 85.1 Å². The van der Waals surface area contributed by atoms with E-state index < -0.39 is 5.97 Å². The van der Waals surface area contributed by atoms with Crippen LogP contribution in [0.4, 0.5) is 0 Å². The van der Waals surface area contributed by atoms with Gasteiger partial charge in [0.2, 0.25) is 0 Å². The maximum Gasteiger partial charge on any atom is 0.311 e. The highest BCUT2D eigenvalue weighted by Crippen LogP contribution is 2.37. The van der Waals surface area contributed by atoms with Gasteiger partial charge in [0.25, 0.3) is 0 Å². The molecule has 0 bridgehead atoms. The van der Waals surface area contributed by atoms with Crippen molar-refractivity contribution in [3.63, 3.8) is 0 Å². The maximum atomic E-state index is 12.3. The van der Waals surface area contributed by atoms with Crippen LogP contribution in [0.5, 0.6) is 11.5 Å². The van der Waals surface area contributed by atoms with Crippen molar-refractivity contribution in [2.45, 2.75) is 38.8 Å². The summed E-state index contributed by atoms with van der Waals surface area (Å²) in [5.41, 5.74) is 2.97. The van der Waals surface area contributed by atoms with Crippen molar-refractivity contribution in [2.75, 3.05) is 12.9 Å². The smallest absolute Gasteiger partial charge is 0.311 e. The summed E-state index contributed by atoms with van der Waals surface area (Å²) in [6, 6.07) is 4.94. The highest BCUT2D eigenvalue weighted by molar-refractivity contribution is 7.98. The van der Waals surface area contributed by atoms with E-state index in [1.165, 1.54) is 23.9 Å². The maximum absolute atomic E-state index is 12.3. The van der Waals surface area contributed by atoms with Crippen LogP contribution in [-0.2, 0) is 11.2 Å². The molecule has 1 aromatic carbocycles. The van der Waals surface area contributed by atoms with Gasteiger partial charge in [0.1, 0.15) is 0 Å². The zero-order valence-corrected chi connectivity index (χ0v) is 17.2. The molecule has 0 amide bonds. The molecule has 2 aromatic rings. The fraction of sp³-hybridized carbons (Fsp3) is 0.368. The van der Waals surface area contributed by atoms with E-state index in [4.69, 9.17) is 26.3 Å². The average molecular weight is 406 g/mol. The van der Waals surface area contributed by atoms with Crippen LogP contribution in [0.15, 0.2) is 17.3 Å². The molecule has 1 heterocycles. The first-order valence-electron chi connectivity index (χ1n) is 8.34. The van der Waals surface area contributed by atoms with Gasteiger partial charge in [0.15, 0.2) is 16.7 Å². The lowest BCUT2D eigenvalue weighted by Gasteiger charge is -2.13. The quantitative estimate of drug-likeness (QED) is 0.294. The van der Waals surface area contributed by atoms with Gasteiger partial charge >= 0.3 is 5.97 Å². The van der Waals surface area contributed by atoms with Crippen LogP contribution in [0.2, 0.25) is 5.02 Å². The molecule has 0 aliphatic carbocycles. The van der Waals surface area contributed by atoms with Crippen LogP contribution in [0.3, 0.4) is 0 Å². The van der Waals surface area contributed by atoms with Crippen LogP contribution in [0.25, 0.3) is 0 Å². The number of carbonyl (C=O) groups excluding carboxylic acids is 1. The van der Waals surface area contributed by atoms with Crippen LogP contribution >= 0.6 is 23.4 Å². The molecule has 142 valence electrons. The molecule has 0 radical (unpaired) electrons. The van der Waals surface area contributed by atoms with Crippen LogP contribution in [-0.4, -0.2) is 28.8 Å². The Morgan fingerprint density at radius 3 is 2.52 bits per heavy atom. The summed E-state index contributed by atoms with van der Waals surface area (Å²) in [4.78, 5) is 21.2. The van der Waals surface area contributed by atoms with Crippen molar-refractivity contribution in [1.29, 1.82) is 5.26 Å². The lowest BCUT2D eigenvalue weighted by atomic mass is 10.1. The third-order valence-electron chi connectivity index (χ3n) is 3.82. The molecule has 27 heavy (non-hydrogen) atoms. The van der Waals surface area contributed by atoms with Crippen LogP contribution < -0.4 is 9.47 Å². The van der Waals surface area contributed by atoms with E-state index >= 15 is 0 Å². The Hall–Kier alpha value is -2.30. The van der Waals surface area contributed by atoms with E-state index in [0.29, 0.717) is 23.7 Å². The average Bonchev–Trinajstić information content (AvgIpc) is 2.63. The second kappa shape index (κ2) is 9.58. The Morgan fingerprint density at radius 1 is 1.30 bits per heavy atom. The Morgan fingerprint density at radius 2 is 1.96 bits per heavy atom. The van der Waals surface area contributed by atoms with Gasteiger partial charge in [-0.2, -0.15) is 5.26 Å². The first-order valence-corrected chi connectivity index (χ1v) is 9.95. The molecule has 0 N–H and O–H groups in total. The van der Waals surface area contributed by atoms with Gasteiger partial charge in [-0.3, -0.25) is 4.79 Å². The number of carbonyl (C=O) groups is 1. The van der Waals surface area contributed by atoms with E-state index in [-0.39, 0.29) is 22.9 Å². The Balaban J connectivity index is 2.14. The number of nitriles is 1. The lowest BCUT2D eigenvalue weighted by Crippen LogP contribution is -2.12. The standard InChI is InChI=1S/C19H20ClN3O3S/c1-5-25-16-9-13(10-21)8-15(20)18(16)26-17(24)7-6-14-11(2)22-19(27-4)23-12(14)3/h8-9H,5-7H2,1-4H3. The van der Waals surface area contributed by atoms with E-state index in [9.17, 15) is 4.79 Å². The van der Waals surface area contributed by atoms with Crippen molar-refractivity contribution in [1.82, 2.24) is 9.97 Å². The molecule has 0 atom stereocenters. The van der Waals surface area contributed by atoms with Gasteiger partial charge in [-0.15, -0.1) is 0 Å². The minimum Gasteiger partial charge on any atom is -0.490 e. The number of aromatic nitrogens is 2. The van der Waals surface area contributed by atoms with Gasteiger partial charge in [-0.25, -0.2) is 9.97 Å². The van der Waals surface area contributed by atoms with Crippen LogP contribution in [0, 0.1) is 25.2 Å². The Labute approximate surface area is 167 Å². The molecule has 0 fully saturated rings. The fourth-order valence-electron chi connectivity index (χ4n) is 2.55. The van der Waals surface area contributed by atoms with Crippen LogP contribution in [0.1, 0.15) is 35.9 Å². The van der Waals surface area contributed by atoms with Crippen molar-refractivity contribution >= 4 is 29.3 Å².